The molecule has 0 atom stereocenters. The summed E-state index contributed by atoms with van der Waals surface area (Å²) in [6, 6.07) is 0. The minimum absolute atomic E-state index is 0.401. The van der Waals surface area contributed by atoms with E-state index in [0.717, 1.165) is 30.2 Å². The van der Waals surface area contributed by atoms with Gasteiger partial charge in [0.25, 0.3) is 0 Å². The normalized spacial score (nSPS) is 16.7. The van der Waals surface area contributed by atoms with Crippen LogP contribution in [-0.2, 0) is 13.0 Å². The van der Waals surface area contributed by atoms with Gasteiger partial charge >= 0.3 is 0 Å². The van der Waals surface area contributed by atoms with E-state index in [2.05, 4.69) is 21.9 Å². The van der Waals surface area contributed by atoms with E-state index in [9.17, 15) is 0 Å². The molecule has 0 spiro atoms. The lowest BCUT2D eigenvalue weighted by Gasteiger charge is -2.25. The lowest BCUT2D eigenvalue weighted by molar-refractivity contribution is 0.305. The average Bonchev–Trinajstić information content (AvgIpc) is 2.17. The van der Waals surface area contributed by atoms with E-state index in [4.69, 9.17) is 5.73 Å². The van der Waals surface area contributed by atoms with E-state index in [1.165, 1.54) is 5.56 Å². The quantitative estimate of drug-likeness (QED) is 0.548. The molecule has 1 aromatic heterocycles. The Morgan fingerprint density at radius 3 is 2.93 bits per heavy atom. The summed E-state index contributed by atoms with van der Waals surface area (Å²) in [5, 5.41) is 1.03. The van der Waals surface area contributed by atoms with E-state index in [1.807, 2.05) is 6.26 Å². The Labute approximate surface area is 87.9 Å². The van der Waals surface area contributed by atoms with Gasteiger partial charge in [-0.3, -0.25) is 0 Å². The van der Waals surface area contributed by atoms with Crippen LogP contribution in [0.1, 0.15) is 11.3 Å². The molecule has 1 aromatic rings. The number of thioether (sulfide) groups is 1. The summed E-state index contributed by atoms with van der Waals surface area (Å²) in [6.45, 7) is 1.99. The van der Waals surface area contributed by atoms with Gasteiger partial charge in [0.2, 0.25) is 5.95 Å². The third-order valence-corrected chi connectivity index (χ3v) is 3.15. The van der Waals surface area contributed by atoms with E-state index in [-0.39, 0.29) is 0 Å². The average molecular weight is 210 g/mol. The van der Waals surface area contributed by atoms with Crippen LogP contribution in [0, 0.1) is 0 Å². The predicted octanol–water partition coefficient (Wildman–Crippen LogP) is 0.769. The number of nitrogens with two attached hydrogens (primary N) is 1. The standard InChI is InChI=1S/C9H14N4S/c1-13-4-3-7-6(5-13)8(14-2)12-9(10)11-7/h3-5H2,1-2H3,(H2,10,11,12). The van der Waals surface area contributed by atoms with Crippen LogP contribution in [0.2, 0.25) is 0 Å². The molecule has 5 heteroatoms. The maximum Gasteiger partial charge on any atom is 0.221 e. The molecule has 2 heterocycles. The molecule has 0 aliphatic carbocycles. The molecule has 0 amide bonds. The molecule has 0 radical (unpaired) electrons. The molecule has 14 heavy (non-hydrogen) atoms. The molecule has 0 unspecified atom stereocenters. The zero-order chi connectivity index (χ0) is 10.1. The van der Waals surface area contributed by atoms with E-state index in [0.29, 0.717) is 5.95 Å². The molecular weight excluding hydrogens is 196 g/mol. The number of aromatic nitrogens is 2. The maximum absolute atomic E-state index is 5.64. The Morgan fingerprint density at radius 2 is 2.21 bits per heavy atom. The van der Waals surface area contributed by atoms with Gasteiger partial charge in [-0.1, -0.05) is 0 Å². The minimum Gasteiger partial charge on any atom is -0.368 e. The minimum atomic E-state index is 0.401. The fraction of sp³-hybridized carbons (Fsp3) is 0.556. The van der Waals surface area contributed by atoms with Gasteiger partial charge in [0.1, 0.15) is 5.03 Å². The van der Waals surface area contributed by atoms with Gasteiger partial charge in [-0.05, 0) is 13.3 Å². The number of rotatable bonds is 1. The first-order valence-corrected chi connectivity index (χ1v) is 5.81. The Kier molecular flexibility index (Phi) is 2.60. The molecule has 76 valence electrons. The molecular formula is C9H14N4S. The van der Waals surface area contributed by atoms with Gasteiger partial charge in [0, 0.05) is 25.1 Å². The Balaban J connectivity index is 2.47. The number of nitrogens with zero attached hydrogens (tertiary/aromatic N) is 3. The topological polar surface area (TPSA) is 55.0 Å². The number of likely N-dealkylation sites (N-methyl/N-ethyl adjacent to an activating group) is 1. The molecule has 2 N–H and O–H groups in total. The summed E-state index contributed by atoms with van der Waals surface area (Å²) >= 11 is 1.64. The SMILES string of the molecule is CSc1nc(N)nc2c1CN(C)CC2. The van der Waals surface area contributed by atoms with Crippen molar-refractivity contribution in [3.05, 3.63) is 11.3 Å². The molecule has 4 nitrogen and oxygen atoms in total. The summed E-state index contributed by atoms with van der Waals surface area (Å²) in [4.78, 5) is 10.8. The van der Waals surface area contributed by atoms with Gasteiger partial charge in [-0.25, -0.2) is 9.97 Å². The van der Waals surface area contributed by atoms with E-state index < -0.39 is 0 Å². The van der Waals surface area contributed by atoms with Crippen molar-refractivity contribution in [2.24, 2.45) is 0 Å². The first kappa shape index (κ1) is 9.73. The number of anilines is 1. The predicted molar refractivity (Wildman–Crippen MR) is 58.3 cm³/mol. The van der Waals surface area contributed by atoms with Crippen LogP contribution in [0.15, 0.2) is 5.03 Å². The number of hydrogen-bond acceptors (Lipinski definition) is 5. The van der Waals surface area contributed by atoms with Crippen molar-refractivity contribution in [1.82, 2.24) is 14.9 Å². The van der Waals surface area contributed by atoms with Crippen molar-refractivity contribution in [2.75, 3.05) is 25.6 Å². The molecule has 0 fully saturated rings. The Morgan fingerprint density at radius 1 is 1.43 bits per heavy atom. The molecule has 0 saturated heterocycles. The largest absolute Gasteiger partial charge is 0.368 e. The fourth-order valence-electron chi connectivity index (χ4n) is 1.71. The maximum atomic E-state index is 5.64. The van der Waals surface area contributed by atoms with Crippen molar-refractivity contribution in [3.63, 3.8) is 0 Å². The summed E-state index contributed by atoms with van der Waals surface area (Å²) < 4.78 is 0. The summed E-state index contributed by atoms with van der Waals surface area (Å²) in [5.74, 6) is 0.401. The zero-order valence-corrected chi connectivity index (χ0v) is 9.27. The smallest absolute Gasteiger partial charge is 0.221 e. The van der Waals surface area contributed by atoms with Crippen molar-refractivity contribution in [1.29, 1.82) is 0 Å². The number of hydrogen-bond donors (Lipinski definition) is 1. The summed E-state index contributed by atoms with van der Waals surface area (Å²) in [6.07, 6.45) is 3.00. The monoisotopic (exact) mass is 210 g/mol. The van der Waals surface area contributed by atoms with Crippen LogP contribution in [0.3, 0.4) is 0 Å². The van der Waals surface area contributed by atoms with Crippen molar-refractivity contribution >= 4 is 17.7 Å². The highest BCUT2D eigenvalue weighted by atomic mass is 32.2. The van der Waals surface area contributed by atoms with E-state index >= 15 is 0 Å². The molecule has 2 rings (SSSR count). The first-order valence-electron chi connectivity index (χ1n) is 4.58. The second-order valence-corrected chi connectivity index (χ2v) is 4.30. The third kappa shape index (κ3) is 1.69. The third-order valence-electron chi connectivity index (χ3n) is 2.42. The Bertz CT molecular complexity index is 336. The first-order chi connectivity index (χ1) is 6.70. The molecule has 0 aromatic carbocycles. The second kappa shape index (κ2) is 3.74. The highest BCUT2D eigenvalue weighted by molar-refractivity contribution is 7.98. The van der Waals surface area contributed by atoms with Crippen LogP contribution in [-0.4, -0.2) is 34.7 Å². The second-order valence-electron chi connectivity index (χ2n) is 3.50. The van der Waals surface area contributed by atoms with Gasteiger partial charge < -0.3 is 10.6 Å². The summed E-state index contributed by atoms with van der Waals surface area (Å²) in [5.41, 5.74) is 8.02. The molecule has 0 bridgehead atoms. The lowest BCUT2D eigenvalue weighted by Crippen LogP contribution is -2.28. The van der Waals surface area contributed by atoms with Crippen LogP contribution < -0.4 is 5.73 Å². The van der Waals surface area contributed by atoms with E-state index in [1.54, 1.807) is 11.8 Å². The number of nitrogen functional groups attached to an aromatic ring is 1. The Hall–Kier alpha value is -0.810. The highest BCUT2D eigenvalue weighted by Crippen LogP contribution is 2.25. The molecule has 1 aliphatic rings. The van der Waals surface area contributed by atoms with Crippen LogP contribution in [0.4, 0.5) is 5.95 Å². The highest BCUT2D eigenvalue weighted by Gasteiger charge is 2.19. The van der Waals surface area contributed by atoms with Crippen LogP contribution in [0.25, 0.3) is 0 Å². The van der Waals surface area contributed by atoms with Gasteiger partial charge in [-0.2, -0.15) is 0 Å². The van der Waals surface area contributed by atoms with Gasteiger partial charge in [-0.15, -0.1) is 11.8 Å². The van der Waals surface area contributed by atoms with Crippen molar-refractivity contribution in [2.45, 2.75) is 18.0 Å². The lowest BCUT2D eigenvalue weighted by atomic mass is 10.1. The van der Waals surface area contributed by atoms with Crippen molar-refractivity contribution < 1.29 is 0 Å². The molecule has 1 aliphatic heterocycles. The molecule has 0 saturated carbocycles. The zero-order valence-electron chi connectivity index (χ0n) is 8.45. The van der Waals surface area contributed by atoms with Crippen LogP contribution in [0.5, 0.6) is 0 Å². The number of fused-ring (bicyclic) bond motifs is 1. The summed E-state index contributed by atoms with van der Waals surface area (Å²) in [7, 11) is 2.11. The fourth-order valence-corrected chi connectivity index (χ4v) is 2.32. The van der Waals surface area contributed by atoms with Crippen molar-refractivity contribution in [3.8, 4) is 0 Å². The van der Waals surface area contributed by atoms with Gasteiger partial charge in [0.15, 0.2) is 0 Å². The van der Waals surface area contributed by atoms with Crippen LogP contribution >= 0.6 is 11.8 Å². The van der Waals surface area contributed by atoms with Gasteiger partial charge in [0.05, 0.1) is 5.69 Å².